The first-order valence-corrected chi connectivity index (χ1v) is 6.09. The van der Waals surface area contributed by atoms with E-state index in [0.29, 0.717) is 15.7 Å². The standard InChI is InChI=1S/C13H11Cl2N3/c1-9(12-4-2-3-7-16-12)17-18-13-6-5-10(14)8-11(13)15/h2-8,18H,1H3/b17-9+. The second-order valence-electron chi connectivity index (χ2n) is 3.65. The van der Waals surface area contributed by atoms with E-state index in [9.17, 15) is 0 Å². The highest BCUT2D eigenvalue weighted by Gasteiger charge is 2.01. The normalized spacial score (nSPS) is 11.4. The zero-order valence-electron chi connectivity index (χ0n) is 9.69. The van der Waals surface area contributed by atoms with E-state index in [1.165, 1.54) is 0 Å². The van der Waals surface area contributed by atoms with Crippen LogP contribution in [0.1, 0.15) is 12.6 Å². The molecule has 0 bridgehead atoms. The minimum atomic E-state index is 0.528. The van der Waals surface area contributed by atoms with Crippen molar-refractivity contribution in [1.29, 1.82) is 0 Å². The lowest BCUT2D eigenvalue weighted by molar-refractivity contribution is 1.25. The third-order valence-corrected chi connectivity index (χ3v) is 2.86. The quantitative estimate of drug-likeness (QED) is 0.675. The molecule has 0 aliphatic heterocycles. The fourth-order valence-electron chi connectivity index (χ4n) is 1.36. The lowest BCUT2D eigenvalue weighted by Gasteiger charge is -2.05. The van der Waals surface area contributed by atoms with Gasteiger partial charge in [-0.1, -0.05) is 29.3 Å². The summed E-state index contributed by atoms with van der Waals surface area (Å²) in [4.78, 5) is 4.20. The van der Waals surface area contributed by atoms with Gasteiger partial charge in [-0.15, -0.1) is 0 Å². The van der Waals surface area contributed by atoms with Crippen molar-refractivity contribution in [2.24, 2.45) is 5.10 Å². The van der Waals surface area contributed by atoms with Gasteiger partial charge >= 0.3 is 0 Å². The second kappa shape index (κ2) is 5.85. The summed E-state index contributed by atoms with van der Waals surface area (Å²) in [6.45, 7) is 1.87. The highest BCUT2D eigenvalue weighted by molar-refractivity contribution is 6.36. The Labute approximate surface area is 115 Å². The van der Waals surface area contributed by atoms with E-state index in [4.69, 9.17) is 23.2 Å². The average Bonchev–Trinajstić information content (AvgIpc) is 2.38. The van der Waals surface area contributed by atoms with Crippen LogP contribution in [0.5, 0.6) is 0 Å². The second-order valence-corrected chi connectivity index (χ2v) is 4.49. The maximum Gasteiger partial charge on any atom is 0.0859 e. The predicted octanol–water partition coefficient (Wildman–Crippen LogP) is 4.22. The molecule has 5 heteroatoms. The maximum absolute atomic E-state index is 6.03. The molecule has 0 aliphatic rings. The van der Waals surface area contributed by atoms with Crippen LogP contribution in [0.3, 0.4) is 0 Å². The van der Waals surface area contributed by atoms with Crippen molar-refractivity contribution in [2.75, 3.05) is 5.43 Å². The molecule has 2 aromatic rings. The van der Waals surface area contributed by atoms with Crippen molar-refractivity contribution in [3.05, 3.63) is 58.3 Å². The largest absolute Gasteiger partial charge is 0.277 e. The van der Waals surface area contributed by atoms with Crippen LogP contribution in [0.15, 0.2) is 47.7 Å². The van der Waals surface area contributed by atoms with Gasteiger partial charge in [0.25, 0.3) is 0 Å². The summed E-state index contributed by atoms with van der Waals surface area (Å²) in [6.07, 6.45) is 1.73. The molecule has 0 saturated carbocycles. The minimum absolute atomic E-state index is 0.528. The Hall–Kier alpha value is -1.58. The minimum Gasteiger partial charge on any atom is -0.277 e. The van der Waals surface area contributed by atoms with Crippen molar-refractivity contribution in [3.63, 3.8) is 0 Å². The van der Waals surface area contributed by atoms with Crippen LogP contribution in [0, 0.1) is 0 Å². The highest BCUT2D eigenvalue weighted by atomic mass is 35.5. The molecule has 0 unspecified atom stereocenters. The lowest BCUT2D eigenvalue weighted by Crippen LogP contribution is -2.01. The Kier molecular flexibility index (Phi) is 4.18. The van der Waals surface area contributed by atoms with Gasteiger partial charge in [0.2, 0.25) is 0 Å². The number of halogens is 2. The average molecular weight is 280 g/mol. The molecule has 0 spiro atoms. The van der Waals surface area contributed by atoms with Gasteiger partial charge in [-0.25, -0.2) is 0 Å². The molecular weight excluding hydrogens is 269 g/mol. The third kappa shape index (κ3) is 3.22. The van der Waals surface area contributed by atoms with Crippen LogP contribution in [0.4, 0.5) is 5.69 Å². The number of hydrazone groups is 1. The van der Waals surface area contributed by atoms with Gasteiger partial charge < -0.3 is 0 Å². The summed E-state index contributed by atoms with van der Waals surface area (Å²) in [5.41, 5.74) is 5.19. The van der Waals surface area contributed by atoms with E-state index in [1.807, 2.05) is 25.1 Å². The van der Waals surface area contributed by atoms with Crippen LogP contribution in [0.2, 0.25) is 10.0 Å². The molecule has 1 heterocycles. The van der Waals surface area contributed by atoms with Crippen molar-refractivity contribution in [1.82, 2.24) is 4.98 Å². The number of nitrogens with zero attached hydrogens (tertiary/aromatic N) is 2. The van der Waals surface area contributed by atoms with Crippen molar-refractivity contribution in [2.45, 2.75) is 6.92 Å². The smallest absolute Gasteiger partial charge is 0.0859 e. The van der Waals surface area contributed by atoms with E-state index in [0.717, 1.165) is 11.4 Å². The Morgan fingerprint density at radius 3 is 2.72 bits per heavy atom. The van der Waals surface area contributed by atoms with Crippen LogP contribution in [0.25, 0.3) is 0 Å². The number of hydrogen-bond donors (Lipinski definition) is 1. The predicted molar refractivity (Wildman–Crippen MR) is 76.5 cm³/mol. The molecule has 0 fully saturated rings. The molecule has 18 heavy (non-hydrogen) atoms. The molecule has 1 aromatic heterocycles. The van der Waals surface area contributed by atoms with Gasteiger partial charge in [0.15, 0.2) is 0 Å². The summed E-state index contributed by atoms with van der Waals surface area (Å²) >= 11 is 11.8. The Bertz CT molecular complexity index is 568. The molecular formula is C13H11Cl2N3. The van der Waals surface area contributed by atoms with E-state index in [-0.39, 0.29) is 0 Å². The zero-order valence-corrected chi connectivity index (χ0v) is 11.2. The molecule has 1 N–H and O–H groups in total. The van der Waals surface area contributed by atoms with Gasteiger partial charge in [0.05, 0.1) is 22.1 Å². The molecule has 92 valence electrons. The molecule has 0 amide bonds. The fraction of sp³-hybridized carbons (Fsp3) is 0.0769. The first-order chi connectivity index (χ1) is 8.66. The molecule has 0 aliphatic carbocycles. The van der Waals surface area contributed by atoms with Gasteiger partial charge in [0.1, 0.15) is 0 Å². The van der Waals surface area contributed by atoms with Gasteiger partial charge in [-0.2, -0.15) is 5.10 Å². The van der Waals surface area contributed by atoms with E-state index in [1.54, 1.807) is 24.4 Å². The van der Waals surface area contributed by atoms with Crippen molar-refractivity contribution >= 4 is 34.6 Å². The zero-order chi connectivity index (χ0) is 13.0. The number of nitrogens with one attached hydrogen (secondary N) is 1. The third-order valence-electron chi connectivity index (χ3n) is 2.31. The van der Waals surface area contributed by atoms with E-state index < -0.39 is 0 Å². The number of anilines is 1. The van der Waals surface area contributed by atoms with Crippen LogP contribution in [-0.2, 0) is 0 Å². The van der Waals surface area contributed by atoms with Gasteiger partial charge in [-0.05, 0) is 37.3 Å². The van der Waals surface area contributed by atoms with Crippen LogP contribution < -0.4 is 5.43 Å². The number of aromatic nitrogens is 1. The molecule has 3 nitrogen and oxygen atoms in total. The Morgan fingerprint density at radius 2 is 2.06 bits per heavy atom. The van der Waals surface area contributed by atoms with Crippen molar-refractivity contribution in [3.8, 4) is 0 Å². The summed E-state index contributed by atoms with van der Waals surface area (Å²) in [6, 6.07) is 10.9. The first-order valence-electron chi connectivity index (χ1n) is 5.33. The number of pyridine rings is 1. The summed E-state index contributed by atoms with van der Waals surface area (Å²) in [7, 11) is 0. The van der Waals surface area contributed by atoms with Crippen LogP contribution in [-0.4, -0.2) is 10.7 Å². The van der Waals surface area contributed by atoms with Gasteiger partial charge in [0, 0.05) is 11.2 Å². The SMILES string of the molecule is C/C(=N\Nc1ccc(Cl)cc1Cl)c1ccccn1. The van der Waals surface area contributed by atoms with E-state index in [2.05, 4.69) is 15.5 Å². The molecule has 1 aromatic carbocycles. The fourth-order valence-corrected chi connectivity index (χ4v) is 1.81. The van der Waals surface area contributed by atoms with Gasteiger partial charge in [-0.3, -0.25) is 10.4 Å². The molecule has 0 saturated heterocycles. The topological polar surface area (TPSA) is 37.3 Å². The lowest BCUT2D eigenvalue weighted by atomic mass is 10.3. The number of benzene rings is 1. The Balaban J connectivity index is 2.15. The molecule has 0 atom stereocenters. The summed E-state index contributed by atoms with van der Waals surface area (Å²) < 4.78 is 0. The summed E-state index contributed by atoms with van der Waals surface area (Å²) in [5, 5.41) is 5.35. The van der Waals surface area contributed by atoms with Crippen LogP contribution >= 0.6 is 23.2 Å². The number of rotatable bonds is 3. The maximum atomic E-state index is 6.03. The first kappa shape index (κ1) is 12.9. The molecule has 0 radical (unpaired) electrons. The highest BCUT2D eigenvalue weighted by Crippen LogP contribution is 2.25. The number of hydrogen-bond acceptors (Lipinski definition) is 3. The summed E-state index contributed by atoms with van der Waals surface area (Å²) in [5.74, 6) is 0. The van der Waals surface area contributed by atoms with Crippen molar-refractivity contribution < 1.29 is 0 Å². The molecule has 2 rings (SSSR count). The monoisotopic (exact) mass is 279 g/mol. The van der Waals surface area contributed by atoms with E-state index >= 15 is 0 Å². The Morgan fingerprint density at radius 1 is 1.22 bits per heavy atom.